The summed E-state index contributed by atoms with van der Waals surface area (Å²) in [6, 6.07) is 7.48. The molecule has 106 valence electrons. The Morgan fingerprint density at radius 3 is 2.53 bits per heavy atom. The van der Waals surface area contributed by atoms with E-state index in [0.29, 0.717) is 22.5 Å². The van der Waals surface area contributed by atoms with Crippen molar-refractivity contribution in [1.29, 1.82) is 0 Å². The Kier molecular flexibility index (Phi) is 6.11. The summed E-state index contributed by atoms with van der Waals surface area (Å²) in [6.45, 7) is 5.32. The topological polar surface area (TPSA) is 41.1 Å². The maximum absolute atomic E-state index is 12.1. The van der Waals surface area contributed by atoms with Crippen molar-refractivity contribution in [1.82, 2.24) is 10.6 Å². The number of hydrogen-bond acceptors (Lipinski definition) is 2. The molecule has 19 heavy (non-hydrogen) atoms. The molecule has 0 radical (unpaired) electrons. The second-order valence-electron chi connectivity index (χ2n) is 5.01. The minimum absolute atomic E-state index is 0. The van der Waals surface area contributed by atoms with Crippen molar-refractivity contribution in [2.75, 3.05) is 6.54 Å². The van der Waals surface area contributed by atoms with Gasteiger partial charge in [0.05, 0.1) is 0 Å². The lowest BCUT2D eigenvalue weighted by atomic mass is 9.89. The molecule has 1 saturated heterocycles. The van der Waals surface area contributed by atoms with Crippen molar-refractivity contribution in [2.45, 2.75) is 32.4 Å². The number of rotatable bonds is 2. The van der Waals surface area contributed by atoms with Gasteiger partial charge < -0.3 is 10.6 Å². The van der Waals surface area contributed by atoms with Crippen LogP contribution in [0.15, 0.2) is 24.3 Å². The summed E-state index contributed by atoms with van der Waals surface area (Å²) in [5.41, 5.74) is 0.657. The minimum Gasteiger partial charge on any atom is -0.347 e. The van der Waals surface area contributed by atoms with Gasteiger partial charge in [-0.25, -0.2) is 0 Å². The maximum atomic E-state index is 12.1. The van der Waals surface area contributed by atoms with Gasteiger partial charge in [0.1, 0.15) is 0 Å². The molecule has 1 aromatic rings. The van der Waals surface area contributed by atoms with Gasteiger partial charge in [0.2, 0.25) is 0 Å². The molecule has 0 bridgehead atoms. The standard InChI is InChI=1S/C14H19ClN2O.ClH/c1-9-7-8-16-10(2)13(9)17-14(18)11-3-5-12(15)6-4-11;/h3-6,9-10,13,16H,7-8H2,1-2H3,(H,17,18);1H. The molecule has 0 aromatic heterocycles. The number of amides is 1. The average Bonchev–Trinajstić information content (AvgIpc) is 2.34. The van der Waals surface area contributed by atoms with Crippen molar-refractivity contribution in [3.8, 4) is 0 Å². The molecule has 1 aromatic carbocycles. The van der Waals surface area contributed by atoms with Crippen LogP contribution in [0, 0.1) is 5.92 Å². The first-order chi connectivity index (χ1) is 8.58. The van der Waals surface area contributed by atoms with E-state index in [4.69, 9.17) is 11.6 Å². The number of carbonyl (C=O) groups excluding carboxylic acids is 1. The van der Waals surface area contributed by atoms with E-state index in [-0.39, 0.29) is 24.4 Å². The zero-order valence-electron chi connectivity index (χ0n) is 11.2. The smallest absolute Gasteiger partial charge is 0.251 e. The van der Waals surface area contributed by atoms with Crippen LogP contribution < -0.4 is 10.6 Å². The SMILES string of the molecule is CC1CCNC(C)C1NC(=O)c1ccc(Cl)cc1.Cl. The summed E-state index contributed by atoms with van der Waals surface area (Å²) in [5.74, 6) is 0.469. The average molecular weight is 303 g/mol. The second kappa shape index (κ2) is 7.13. The fourth-order valence-electron chi connectivity index (χ4n) is 2.44. The van der Waals surface area contributed by atoms with Crippen LogP contribution in [0.5, 0.6) is 0 Å². The van der Waals surface area contributed by atoms with Crippen molar-refractivity contribution in [3.05, 3.63) is 34.9 Å². The van der Waals surface area contributed by atoms with Crippen LogP contribution in [0.4, 0.5) is 0 Å². The molecule has 2 N–H and O–H groups in total. The predicted molar refractivity (Wildman–Crippen MR) is 81.2 cm³/mol. The van der Waals surface area contributed by atoms with Crippen molar-refractivity contribution in [3.63, 3.8) is 0 Å². The lowest BCUT2D eigenvalue weighted by Gasteiger charge is -2.36. The van der Waals surface area contributed by atoms with Crippen LogP contribution in [0.2, 0.25) is 5.02 Å². The third kappa shape index (κ3) is 4.10. The van der Waals surface area contributed by atoms with Crippen LogP contribution in [0.1, 0.15) is 30.6 Å². The summed E-state index contributed by atoms with van der Waals surface area (Å²) in [7, 11) is 0. The first-order valence-corrected chi connectivity index (χ1v) is 6.75. The first-order valence-electron chi connectivity index (χ1n) is 6.37. The van der Waals surface area contributed by atoms with Crippen molar-refractivity contribution < 1.29 is 4.79 Å². The number of halogens is 2. The Balaban J connectivity index is 0.00000180. The summed E-state index contributed by atoms with van der Waals surface area (Å²) < 4.78 is 0. The van der Waals surface area contributed by atoms with Gasteiger partial charge in [0, 0.05) is 22.7 Å². The summed E-state index contributed by atoms with van der Waals surface area (Å²) >= 11 is 5.81. The van der Waals surface area contributed by atoms with Crippen LogP contribution in [-0.4, -0.2) is 24.5 Å². The number of benzene rings is 1. The lowest BCUT2D eigenvalue weighted by Crippen LogP contribution is -2.55. The summed E-state index contributed by atoms with van der Waals surface area (Å²) in [4.78, 5) is 12.1. The van der Waals surface area contributed by atoms with Crippen LogP contribution in [0.25, 0.3) is 0 Å². The highest BCUT2D eigenvalue weighted by Crippen LogP contribution is 2.17. The Bertz CT molecular complexity index is 412. The van der Waals surface area contributed by atoms with Crippen molar-refractivity contribution >= 4 is 29.9 Å². The second-order valence-corrected chi connectivity index (χ2v) is 5.45. The van der Waals surface area contributed by atoms with Crippen LogP contribution in [0.3, 0.4) is 0 Å². The molecule has 0 aliphatic carbocycles. The molecule has 1 aliphatic rings. The van der Waals surface area contributed by atoms with E-state index >= 15 is 0 Å². The quantitative estimate of drug-likeness (QED) is 0.882. The van der Waals surface area contributed by atoms with Gasteiger partial charge in [0.25, 0.3) is 5.91 Å². The van der Waals surface area contributed by atoms with Gasteiger partial charge >= 0.3 is 0 Å². The van der Waals surface area contributed by atoms with Gasteiger partial charge in [-0.3, -0.25) is 4.79 Å². The largest absolute Gasteiger partial charge is 0.347 e. The Labute approximate surface area is 125 Å². The van der Waals surface area contributed by atoms with Gasteiger partial charge in [-0.15, -0.1) is 12.4 Å². The molecule has 1 fully saturated rings. The number of carbonyl (C=O) groups is 1. The zero-order valence-corrected chi connectivity index (χ0v) is 12.7. The molecule has 3 atom stereocenters. The minimum atomic E-state index is -0.0286. The van der Waals surface area contributed by atoms with Gasteiger partial charge in [-0.1, -0.05) is 18.5 Å². The molecule has 1 amide bonds. The van der Waals surface area contributed by atoms with E-state index < -0.39 is 0 Å². The van der Waals surface area contributed by atoms with E-state index in [1.807, 2.05) is 0 Å². The van der Waals surface area contributed by atoms with E-state index in [1.165, 1.54) is 0 Å². The third-order valence-corrected chi connectivity index (χ3v) is 3.87. The highest BCUT2D eigenvalue weighted by Gasteiger charge is 2.28. The van der Waals surface area contributed by atoms with Crippen LogP contribution >= 0.6 is 24.0 Å². The summed E-state index contributed by atoms with van der Waals surface area (Å²) in [5, 5.41) is 7.15. The molecule has 5 heteroatoms. The maximum Gasteiger partial charge on any atom is 0.251 e. The molecule has 1 heterocycles. The van der Waals surface area contributed by atoms with Gasteiger partial charge in [0.15, 0.2) is 0 Å². The van der Waals surface area contributed by atoms with E-state index in [0.717, 1.165) is 13.0 Å². The monoisotopic (exact) mass is 302 g/mol. The molecule has 3 nitrogen and oxygen atoms in total. The third-order valence-electron chi connectivity index (χ3n) is 3.62. The fraction of sp³-hybridized carbons (Fsp3) is 0.500. The number of hydrogen-bond donors (Lipinski definition) is 2. The summed E-state index contributed by atoms with van der Waals surface area (Å²) in [6.07, 6.45) is 1.09. The number of piperidine rings is 1. The van der Waals surface area contributed by atoms with Gasteiger partial charge in [-0.2, -0.15) is 0 Å². The number of nitrogens with one attached hydrogen (secondary N) is 2. The Morgan fingerprint density at radius 1 is 1.32 bits per heavy atom. The zero-order chi connectivity index (χ0) is 13.1. The lowest BCUT2D eigenvalue weighted by molar-refractivity contribution is 0.0897. The van der Waals surface area contributed by atoms with E-state index in [9.17, 15) is 4.79 Å². The van der Waals surface area contributed by atoms with Crippen LogP contribution in [-0.2, 0) is 0 Å². The van der Waals surface area contributed by atoms with Gasteiger partial charge in [-0.05, 0) is 50.1 Å². The van der Waals surface area contributed by atoms with E-state index in [2.05, 4.69) is 24.5 Å². The Hall–Kier alpha value is -0.770. The molecule has 0 spiro atoms. The fourth-order valence-corrected chi connectivity index (χ4v) is 2.57. The predicted octanol–water partition coefficient (Wildman–Crippen LogP) is 2.88. The molecule has 1 aliphatic heterocycles. The molecular weight excluding hydrogens is 283 g/mol. The Morgan fingerprint density at radius 2 is 1.95 bits per heavy atom. The van der Waals surface area contributed by atoms with E-state index in [1.54, 1.807) is 24.3 Å². The normalized spacial score (nSPS) is 26.4. The molecule has 0 saturated carbocycles. The highest BCUT2D eigenvalue weighted by molar-refractivity contribution is 6.30. The highest BCUT2D eigenvalue weighted by atomic mass is 35.5. The molecular formula is C14H20Cl2N2O. The molecule has 2 rings (SSSR count). The molecule has 3 unspecified atom stereocenters. The van der Waals surface area contributed by atoms with Crippen molar-refractivity contribution in [2.24, 2.45) is 5.92 Å². The first kappa shape index (κ1) is 16.3.